The van der Waals surface area contributed by atoms with Crippen LogP contribution in [0.15, 0.2) is 0 Å². The average molecular weight is 189 g/mol. The average Bonchev–Trinajstić information content (AvgIpc) is 2.09. The maximum Gasteiger partial charge on any atom is 0.0700 e. The van der Waals surface area contributed by atoms with Gasteiger partial charge in [0.05, 0.1) is 13.2 Å². The van der Waals surface area contributed by atoms with Crippen molar-refractivity contribution in [2.75, 3.05) is 26.9 Å². The van der Waals surface area contributed by atoms with Crippen LogP contribution in [0.1, 0.15) is 32.6 Å². The van der Waals surface area contributed by atoms with Crippen molar-refractivity contribution in [3.63, 3.8) is 0 Å². The van der Waals surface area contributed by atoms with Crippen LogP contribution >= 0.6 is 0 Å². The minimum absolute atomic E-state index is 0.342. The molecule has 0 amide bonds. The van der Waals surface area contributed by atoms with Gasteiger partial charge in [0, 0.05) is 19.8 Å². The Morgan fingerprint density at radius 3 is 2.46 bits per heavy atom. The maximum atomic E-state index is 5.63. The van der Waals surface area contributed by atoms with Crippen molar-refractivity contribution in [3.8, 4) is 0 Å². The highest BCUT2D eigenvalue weighted by Crippen LogP contribution is 2.01. The summed E-state index contributed by atoms with van der Waals surface area (Å²) in [6, 6.07) is 0.342. The van der Waals surface area contributed by atoms with Gasteiger partial charge < -0.3 is 15.2 Å². The molecule has 1 atom stereocenters. The topological polar surface area (TPSA) is 44.5 Å². The van der Waals surface area contributed by atoms with Gasteiger partial charge in [0.2, 0.25) is 0 Å². The van der Waals surface area contributed by atoms with Crippen LogP contribution < -0.4 is 5.73 Å². The van der Waals surface area contributed by atoms with Gasteiger partial charge >= 0.3 is 0 Å². The second kappa shape index (κ2) is 9.96. The summed E-state index contributed by atoms with van der Waals surface area (Å²) in [6.07, 6.45) is 4.69. The normalized spacial score (nSPS) is 13.2. The molecule has 0 aromatic heterocycles. The third kappa shape index (κ3) is 11.9. The highest BCUT2D eigenvalue weighted by Gasteiger charge is 1.94. The zero-order valence-corrected chi connectivity index (χ0v) is 8.92. The molecule has 0 heterocycles. The number of hydrogen-bond acceptors (Lipinski definition) is 3. The lowest BCUT2D eigenvalue weighted by atomic mass is 10.1. The molecule has 0 spiro atoms. The highest BCUT2D eigenvalue weighted by molar-refractivity contribution is 4.52. The summed E-state index contributed by atoms with van der Waals surface area (Å²) in [7, 11) is 1.69. The van der Waals surface area contributed by atoms with Gasteiger partial charge in [0.25, 0.3) is 0 Å². The van der Waals surface area contributed by atoms with Crippen molar-refractivity contribution in [1.29, 1.82) is 0 Å². The Bertz CT molecular complexity index is 96.9. The Labute approximate surface area is 81.6 Å². The van der Waals surface area contributed by atoms with E-state index in [1.54, 1.807) is 7.11 Å². The Morgan fingerprint density at radius 1 is 1.08 bits per heavy atom. The fraction of sp³-hybridized carbons (Fsp3) is 1.00. The van der Waals surface area contributed by atoms with Gasteiger partial charge in [-0.25, -0.2) is 0 Å². The van der Waals surface area contributed by atoms with Gasteiger partial charge in [-0.3, -0.25) is 0 Å². The molecule has 0 rings (SSSR count). The number of ether oxygens (including phenoxy) is 2. The largest absolute Gasteiger partial charge is 0.382 e. The summed E-state index contributed by atoms with van der Waals surface area (Å²) in [5.74, 6) is 0. The van der Waals surface area contributed by atoms with E-state index in [0.29, 0.717) is 19.3 Å². The summed E-state index contributed by atoms with van der Waals surface area (Å²) >= 11 is 0. The lowest BCUT2D eigenvalue weighted by Gasteiger charge is -2.05. The van der Waals surface area contributed by atoms with Crippen LogP contribution in [0, 0.1) is 0 Å². The monoisotopic (exact) mass is 189 g/mol. The van der Waals surface area contributed by atoms with E-state index in [1.165, 1.54) is 12.8 Å². The van der Waals surface area contributed by atoms with E-state index >= 15 is 0 Å². The Kier molecular flexibility index (Phi) is 9.87. The molecule has 0 aliphatic carbocycles. The van der Waals surface area contributed by atoms with Crippen molar-refractivity contribution >= 4 is 0 Å². The van der Waals surface area contributed by atoms with E-state index in [0.717, 1.165) is 19.4 Å². The van der Waals surface area contributed by atoms with Crippen molar-refractivity contribution in [2.24, 2.45) is 5.73 Å². The van der Waals surface area contributed by atoms with Crippen molar-refractivity contribution in [1.82, 2.24) is 0 Å². The summed E-state index contributed by atoms with van der Waals surface area (Å²) < 4.78 is 10.2. The van der Waals surface area contributed by atoms with Gasteiger partial charge in [0.15, 0.2) is 0 Å². The molecule has 0 aliphatic heterocycles. The smallest absolute Gasteiger partial charge is 0.0700 e. The van der Waals surface area contributed by atoms with Crippen molar-refractivity contribution in [3.05, 3.63) is 0 Å². The minimum Gasteiger partial charge on any atom is -0.382 e. The zero-order chi connectivity index (χ0) is 9.94. The fourth-order valence-corrected chi connectivity index (χ4v) is 1.09. The van der Waals surface area contributed by atoms with Crippen LogP contribution in [0.3, 0.4) is 0 Å². The van der Waals surface area contributed by atoms with E-state index < -0.39 is 0 Å². The predicted molar refractivity (Wildman–Crippen MR) is 54.8 cm³/mol. The van der Waals surface area contributed by atoms with Crippen LogP contribution in [-0.2, 0) is 9.47 Å². The summed E-state index contributed by atoms with van der Waals surface area (Å²) in [4.78, 5) is 0. The first-order chi connectivity index (χ1) is 6.27. The molecular weight excluding hydrogens is 166 g/mol. The number of rotatable bonds is 9. The van der Waals surface area contributed by atoms with Gasteiger partial charge in [-0.15, -0.1) is 0 Å². The van der Waals surface area contributed by atoms with E-state index in [4.69, 9.17) is 15.2 Å². The SMILES string of the molecule is COCCOCCCCCC(C)N. The molecule has 1 unspecified atom stereocenters. The quantitative estimate of drug-likeness (QED) is 0.560. The molecule has 0 radical (unpaired) electrons. The molecule has 0 bridgehead atoms. The maximum absolute atomic E-state index is 5.63. The van der Waals surface area contributed by atoms with Crippen LogP contribution in [0.25, 0.3) is 0 Å². The van der Waals surface area contributed by atoms with Gasteiger partial charge in [0.1, 0.15) is 0 Å². The standard InChI is InChI=1S/C10H23NO2/c1-10(11)6-4-3-5-7-13-9-8-12-2/h10H,3-9,11H2,1-2H3. The lowest BCUT2D eigenvalue weighted by molar-refractivity contribution is 0.0685. The van der Waals surface area contributed by atoms with E-state index in [2.05, 4.69) is 6.92 Å². The Morgan fingerprint density at radius 2 is 1.85 bits per heavy atom. The minimum atomic E-state index is 0.342. The van der Waals surface area contributed by atoms with E-state index in [1.807, 2.05) is 0 Å². The van der Waals surface area contributed by atoms with Crippen LogP contribution in [0.5, 0.6) is 0 Å². The lowest BCUT2D eigenvalue weighted by Crippen LogP contribution is -2.14. The molecule has 0 aromatic carbocycles. The second-order valence-electron chi connectivity index (χ2n) is 3.43. The zero-order valence-electron chi connectivity index (χ0n) is 8.92. The molecule has 13 heavy (non-hydrogen) atoms. The summed E-state index contributed by atoms with van der Waals surface area (Å²) in [5, 5.41) is 0. The molecule has 0 aromatic rings. The molecule has 3 nitrogen and oxygen atoms in total. The Balaban J connectivity index is 2.84. The summed E-state index contributed by atoms with van der Waals surface area (Å²) in [5.41, 5.74) is 5.63. The molecule has 0 saturated carbocycles. The third-order valence-corrected chi connectivity index (χ3v) is 1.88. The number of methoxy groups -OCH3 is 1. The molecule has 2 N–H and O–H groups in total. The van der Waals surface area contributed by atoms with Gasteiger partial charge in [-0.1, -0.05) is 12.8 Å². The molecular formula is C10H23NO2. The van der Waals surface area contributed by atoms with Crippen molar-refractivity contribution in [2.45, 2.75) is 38.6 Å². The van der Waals surface area contributed by atoms with Crippen LogP contribution in [0.2, 0.25) is 0 Å². The fourth-order valence-electron chi connectivity index (χ4n) is 1.09. The van der Waals surface area contributed by atoms with Crippen LogP contribution in [0.4, 0.5) is 0 Å². The second-order valence-corrected chi connectivity index (χ2v) is 3.43. The first-order valence-corrected chi connectivity index (χ1v) is 5.09. The molecule has 3 heteroatoms. The van der Waals surface area contributed by atoms with E-state index in [-0.39, 0.29) is 0 Å². The molecule has 0 saturated heterocycles. The van der Waals surface area contributed by atoms with Gasteiger partial charge in [-0.2, -0.15) is 0 Å². The van der Waals surface area contributed by atoms with Crippen LogP contribution in [-0.4, -0.2) is 33.0 Å². The third-order valence-electron chi connectivity index (χ3n) is 1.88. The number of hydrogen-bond donors (Lipinski definition) is 1. The van der Waals surface area contributed by atoms with Crippen molar-refractivity contribution < 1.29 is 9.47 Å². The predicted octanol–water partition coefficient (Wildman–Crippen LogP) is 1.56. The highest BCUT2D eigenvalue weighted by atomic mass is 16.5. The first-order valence-electron chi connectivity index (χ1n) is 5.09. The molecule has 0 fully saturated rings. The number of nitrogens with two attached hydrogens (primary N) is 1. The van der Waals surface area contributed by atoms with Gasteiger partial charge in [-0.05, 0) is 19.8 Å². The Hall–Kier alpha value is -0.120. The summed E-state index contributed by atoms with van der Waals surface area (Å²) in [6.45, 7) is 4.31. The number of unbranched alkanes of at least 4 members (excludes halogenated alkanes) is 2. The molecule has 80 valence electrons. The first kappa shape index (κ1) is 12.9. The van der Waals surface area contributed by atoms with E-state index in [9.17, 15) is 0 Å². The molecule has 0 aliphatic rings.